The Balaban J connectivity index is 1.95. The van der Waals surface area contributed by atoms with Crippen molar-refractivity contribution in [2.24, 2.45) is 5.41 Å². The van der Waals surface area contributed by atoms with Crippen LogP contribution in [0.15, 0.2) is 18.2 Å². The highest BCUT2D eigenvalue weighted by molar-refractivity contribution is 5.47. The molecule has 1 heterocycles. The van der Waals surface area contributed by atoms with Gasteiger partial charge in [-0.3, -0.25) is 0 Å². The van der Waals surface area contributed by atoms with Crippen molar-refractivity contribution >= 4 is 0 Å². The Morgan fingerprint density at radius 2 is 2.05 bits per heavy atom. The minimum absolute atomic E-state index is 0.0667. The predicted molar refractivity (Wildman–Crippen MR) is 83.8 cm³/mol. The van der Waals surface area contributed by atoms with Gasteiger partial charge in [0.2, 0.25) is 0 Å². The van der Waals surface area contributed by atoms with Gasteiger partial charge in [0, 0.05) is 25.1 Å². The van der Waals surface area contributed by atoms with Crippen LogP contribution < -0.4 is 14.8 Å². The summed E-state index contributed by atoms with van der Waals surface area (Å²) in [6.07, 6.45) is 1.43. The zero-order valence-corrected chi connectivity index (χ0v) is 13.3. The fourth-order valence-corrected chi connectivity index (χ4v) is 2.80. The lowest BCUT2D eigenvalue weighted by molar-refractivity contribution is 0.128. The number of ether oxygens (including phenoxy) is 2. The molecule has 4 heteroatoms. The standard InChI is InChI=1S/C17H27NO3/c1-13(19)10-17(2,3)12-18-11-14-6-4-7-15-16(14)21-9-5-8-20-15/h4,6-7,13,18-19H,5,8-12H2,1-3H3. The molecule has 1 aromatic carbocycles. The van der Waals surface area contributed by atoms with E-state index in [1.54, 1.807) is 0 Å². The van der Waals surface area contributed by atoms with E-state index in [9.17, 15) is 5.11 Å². The van der Waals surface area contributed by atoms with Crippen molar-refractivity contribution in [3.05, 3.63) is 23.8 Å². The topological polar surface area (TPSA) is 50.7 Å². The van der Waals surface area contributed by atoms with E-state index in [-0.39, 0.29) is 11.5 Å². The van der Waals surface area contributed by atoms with E-state index in [2.05, 4.69) is 25.2 Å². The zero-order chi connectivity index (χ0) is 15.3. The second-order valence-electron chi connectivity index (χ2n) is 6.62. The molecule has 0 spiro atoms. The molecule has 1 aliphatic heterocycles. The maximum atomic E-state index is 9.53. The van der Waals surface area contributed by atoms with Crippen LogP contribution in [0, 0.1) is 5.41 Å². The Labute approximate surface area is 127 Å². The minimum Gasteiger partial charge on any atom is -0.490 e. The second kappa shape index (κ2) is 7.14. The number of rotatable bonds is 6. The quantitative estimate of drug-likeness (QED) is 0.847. The van der Waals surface area contributed by atoms with Crippen molar-refractivity contribution in [2.45, 2.75) is 46.3 Å². The van der Waals surface area contributed by atoms with Crippen LogP contribution in [0.1, 0.15) is 39.2 Å². The molecule has 0 aliphatic carbocycles. The lowest BCUT2D eigenvalue weighted by atomic mass is 9.87. The molecular weight excluding hydrogens is 266 g/mol. The molecule has 0 aromatic heterocycles. The number of hydrogen-bond donors (Lipinski definition) is 2. The molecule has 21 heavy (non-hydrogen) atoms. The highest BCUT2D eigenvalue weighted by Crippen LogP contribution is 2.33. The van der Waals surface area contributed by atoms with Crippen LogP contribution in [0.25, 0.3) is 0 Å². The summed E-state index contributed by atoms with van der Waals surface area (Å²) in [6.45, 7) is 9.18. The van der Waals surface area contributed by atoms with Crippen molar-refractivity contribution in [1.29, 1.82) is 0 Å². The fraction of sp³-hybridized carbons (Fsp3) is 0.647. The van der Waals surface area contributed by atoms with Crippen molar-refractivity contribution in [2.75, 3.05) is 19.8 Å². The van der Waals surface area contributed by atoms with Crippen molar-refractivity contribution in [1.82, 2.24) is 5.32 Å². The average Bonchev–Trinajstić information content (AvgIpc) is 2.62. The van der Waals surface area contributed by atoms with Gasteiger partial charge >= 0.3 is 0 Å². The smallest absolute Gasteiger partial charge is 0.165 e. The summed E-state index contributed by atoms with van der Waals surface area (Å²) in [4.78, 5) is 0. The van der Waals surface area contributed by atoms with Gasteiger partial charge in [-0.15, -0.1) is 0 Å². The number of hydrogen-bond acceptors (Lipinski definition) is 4. The van der Waals surface area contributed by atoms with E-state index in [0.29, 0.717) is 13.2 Å². The van der Waals surface area contributed by atoms with E-state index >= 15 is 0 Å². The van der Waals surface area contributed by atoms with Gasteiger partial charge in [0.15, 0.2) is 11.5 Å². The molecule has 0 radical (unpaired) electrons. The summed E-state index contributed by atoms with van der Waals surface area (Å²) in [5.41, 5.74) is 1.19. The number of benzene rings is 1. The molecule has 1 atom stereocenters. The maximum absolute atomic E-state index is 9.53. The van der Waals surface area contributed by atoms with Gasteiger partial charge in [0.25, 0.3) is 0 Å². The van der Waals surface area contributed by atoms with Crippen LogP contribution in [-0.4, -0.2) is 31.0 Å². The third kappa shape index (κ3) is 4.90. The van der Waals surface area contributed by atoms with E-state index in [0.717, 1.165) is 43.0 Å². The third-order valence-corrected chi connectivity index (χ3v) is 3.62. The molecular formula is C17H27NO3. The molecule has 1 unspecified atom stereocenters. The number of nitrogens with one attached hydrogen (secondary N) is 1. The Hall–Kier alpha value is -1.26. The number of aliphatic hydroxyl groups is 1. The number of aliphatic hydroxyl groups excluding tert-OH is 1. The van der Waals surface area contributed by atoms with E-state index < -0.39 is 0 Å². The molecule has 118 valence electrons. The summed E-state index contributed by atoms with van der Waals surface area (Å²) in [5.74, 6) is 1.71. The van der Waals surface area contributed by atoms with E-state index in [4.69, 9.17) is 9.47 Å². The molecule has 0 fully saturated rings. The molecule has 0 bridgehead atoms. The SMILES string of the molecule is CC(O)CC(C)(C)CNCc1cccc2c1OCCCO2. The molecule has 2 N–H and O–H groups in total. The minimum atomic E-state index is -0.272. The first-order valence-corrected chi connectivity index (χ1v) is 7.74. The van der Waals surface area contributed by atoms with Crippen LogP contribution >= 0.6 is 0 Å². The second-order valence-corrected chi connectivity index (χ2v) is 6.62. The largest absolute Gasteiger partial charge is 0.490 e. The van der Waals surface area contributed by atoms with Gasteiger partial charge in [0.05, 0.1) is 19.3 Å². The highest BCUT2D eigenvalue weighted by Gasteiger charge is 2.20. The molecule has 0 saturated carbocycles. The first-order chi connectivity index (χ1) is 9.98. The van der Waals surface area contributed by atoms with Gasteiger partial charge in [-0.05, 0) is 24.8 Å². The van der Waals surface area contributed by atoms with Crippen LogP contribution in [0.2, 0.25) is 0 Å². The normalized spacial score (nSPS) is 16.4. The summed E-state index contributed by atoms with van der Waals surface area (Å²) in [6, 6.07) is 6.04. The Morgan fingerprint density at radius 3 is 2.81 bits per heavy atom. The molecule has 0 amide bonds. The number of fused-ring (bicyclic) bond motifs is 1. The van der Waals surface area contributed by atoms with Crippen LogP contribution in [0.4, 0.5) is 0 Å². The Kier molecular flexibility index (Phi) is 5.48. The average molecular weight is 293 g/mol. The van der Waals surface area contributed by atoms with Crippen LogP contribution in [-0.2, 0) is 6.54 Å². The number of para-hydroxylation sites is 1. The van der Waals surface area contributed by atoms with Gasteiger partial charge in [-0.2, -0.15) is 0 Å². The van der Waals surface area contributed by atoms with Gasteiger partial charge in [-0.25, -0.2) is 0 Å². The highest BCUT2D eigenvalue weighted by atomic mass is 16.5. The van der Waals surface area contributed by atoms with Crippen molar-refractivity contribution < 1.29 is 14.6 Å². The van der Waals surface area contributed by atoms with Gasteiger partial charge in [-0.1, -0.05) is 26.0 Å². The third-order valence-electron chi connectivity index (χ3n) is 3.62. The van der Waals surface area contributed by atoms with Gasteiger partial charge in [0.1, 0.15) is 0 Å². The van der Waals surface area contributed by atoms with Gasteiger partial charge < -0.3 is 19.9 Å². The van der Waals surface area contributed by atoms with Crippen LogP contribution in [0.5, 0.6) is 11.5 Å². The summed E-state index contributed by atoms with van der Waals surface area (Å²) in [7, 11) is 0. The lowest BCUT2D eigenvalue weighted by Crippen LogP contribution is -2.31. The first-order valence-electron chi connectivity index (χ1n) is 7.74. The molecule has 2 rings (SSSR count). The molecule has 4 nitrogen and oxygen atoms in total. The Morgan fingerprint density at radius 1 is 1.29 bits per heavy atom. The maximum Gasteiger partial charge on any atom is 0.165 e. The van der Waals surface area contributed by atoms with E-state index in [1.807, 2.05) is 19.1 Å². The van der Waals surface area contributed by atoms with Crippen LogP contribution in [0.3, 0.4) is 0 Å². The Bertz CT molecular complexity index is 457. The zero-order valence-electron chi connectivity index (χ0n) is 13.3. The molecule has 1 aliphatic rings. The summed E-state index contributed by atoms with van der Waals surface area (Å²) >= 11 is 0. The van der Waals surface area contributed by atoms with Crippen molar-refractivity contribution in [3.63, 3.8) is 0 Å². The van der Waals surface area contributed by atoms with E-state index in [1.165, 1.54) is 0 Å². The van der Waals surface area contributed by atoms with Crippen molar-refractivity contribution in [3.8, 4) is 11.5 Å². The first kappa shape index (κ1) is 16.1. The lowest BCUT2D eigenvalue weighted by Gasteiger charge is -2.26. The fourth-order valence-electron chi connectivity index (χ4n) is 2.80. The molecule has 0 saturated heterocycles. The monoisotopic (exact) mass is 293 g/mol. The summed E-state index contributed by atoms with van der Waals surface area (Å²) < 4.78 is 11.5. The predicted octanol–water partition coefficient (Wildman–Crippen LogP) is 2.73. The summed E-state index contributed by atoms with van der Waals surface area (Å²) in [5, 5.41) is 13.0. The molecule has 1 aromatic rings.